The second-order valence-corrected chi connectivity index (χ2v) is 9.68. The molecule has 1 N–H and O–H groups in total. The molecule has 0 bridgehead atoms. The number of hydrogen-bond acceptors (Lipinski definition) is 3. The van der Waals surface area contributed by atoms with Gasteiger partial charge in [0.2, 0.25) is 0 Å². The SMILES string of the molecule is Fc1ccc(F)c2c1OC[C@H]1[C@@H]3CCSN[C@@H]3CC[C@@]21Cc1ccc(C(F)(F)F)cc1. The van der Waals surface area contributed by atoms with Crippen molar-refractivity contribution in [1.29, 1.82) is 0 Å². The minimum atomic E-state index is -4.41. The van der Waals surface area contributed by atoms with Crippen molar-refractivity contribution in [2.24, 2.45) is 11.8 Å². The molecule has 4 atom stereocenters. The molecule has 8 heteroatoms. The second-order valence-electron chi connectivity index (χ2n) is 8.74. The van der Waals surface area contributed by atoms with Crippen molar-refractivity contribution in [2.75, 3.05) is 12.4 Å². The number of halogens is 5. The lowest BCUT2D eigenvalue weighted by molar-refractivity contribution is -0.137. The Morgan fingerprint density at radius 1 is 1.03 bits per heavy atom. The molecule has 1 saturated carbocycles. The van der Waals surface area contributed by atoms with Gasteiger partial charge in [-0.05, 0) is 61.4 Å². The molecule has 2 nitrogen and oxygen atoms in total. The summed E-state index contributed by atoms with van der Waals surface area (Å²) in [5, 5.41) is 0. The van der Waals surface area contributed by atoms with Gasteiger partial charge in [-0.1, -0.05) is 24.1 Å². The first-order valence-electron chi connectivity index (χ1n) is 10.4. The van der Waals surface area contributed by atoms with E-state index in [2.05, 4.69) is 4.72 Å². The standard InChI is InChI=1S/C23H22F5NOS/c24-17-5-6-18(25)21-20(17)22(11-13-1-3-14(4-2-13)23(26,27)28)9-7-19-15(8-10-31-29-19)16(22)12-30-21/h1-6,15-16,19,29H,7-12H2/t15-,16-,19+,22-/m0/s1. The van der Waals surface area contributed by atoms with Gasteiger partial charge in [-0.25, -0.2) is 8.78 Å². The summed E-state index contributed by atoms with van der Waals surface area (Å²) in [5.74, 6) is -0.0385. The average Bonchev–Trinajstić information content (AvgIpc) is 2.75. The molecule has 0 spiro atoms. The maximum atomic E-state index is 15.2. The van der Waals surface area contributed by atoms with Gasteiger partial charge in [-0.2, -0.15) is 13.2 Å². The third kappa shape index (κ3) is 3.52. The van der Waals surface area contributed by atoms with Crippen LogP contribution in [0.4, 0.5) is 22.0 Å². The summed E-state index contributed by atoms with van der Waals surface area (Å²) < 4.78 is 78.1. The molecule has 0 amide bonds. The van der Waals surface area contributed by atoms with Crippen LogP contribution >= 0.6 is 11.9 Å². The normalized spacial score (nSPS) is 30.0. The van der Waals surface area contributed by atoms with Gasteiger partial charge < -0.3 is 4.74 Å². The van der Waals surface area contributed by atoms with Gasteiger partial charge in [0.25, 0.3) is 0 Å². The number of nitrogens with one attached hydrogen (secondary N) is 1. The van der Waals surface area contributed by atoms with Crippen LogP contribution in [-0.4, -0.2) is 18.4 Å². The van der Waals surface area contributed by atoms with Crippen molar-refractivity contribution in [2.45, 2.75) is 43.3 Å². The smallest absolute Gasteiger partial charge is 0.416 e. The zero-order valence-electron chi connectivity index (χ0n) is 16.6. The third-order valence-electron chi connectivity index (χ3n) is 7.20. The van der Waals surface area contributed by atoms with E-state index in [1.807, 2.05) is 0 Å². The number of hydrogen-bond donors (Lipinski definition) is 1. The first kappa shape index (κ1) is 21.1. The van der Waals surface area contributed by atoms with Crippen molar-refractivity contribution >= 4 is 11.9 Å². The topological polar surface area (TPSA) is 21.3 Å². The Labute approximate surface area is 181 Å². The fourth-order valence-corrected chi connectivity index (χ4v) is 6.82. The third-order valence-corrected chi connectivity index (χ3v) is 8.11. The minimum Gasteiger partial charge on any atom is -0.490 e. The molecule has 0 unspecified atom stereocenters. The molecule has 2 aromatic carbocycles. The van der Waals surface area contributed by atoms with Gasteiger partial charge in [-0.15, -0.1) is 0 Å². The van der Waals surface area contributed by atoms with Crippen LogP contribution < -0.4 is 9.46 Å². The highest BCUT2D eigenvalue weighted by Gasteiger charge is 2.55. The van der Waals surface area contributed by atoms with Crippen LogP contribution in [0.15, 0.2) is 36.4 Å². The Kier molecular flexibility index (Phi) is 5.20. The van der Waals surface area contributed by atoms with E-state index in [0.29, 0.717) is 18.4 Å². The molecule has 0 radical (unpaired) electrons. The van der Waals surface area contributed by atoms with E-state index in [-0.39, 0.29) is 35.8 Å². The van der Waals surface area contributed by atoms with Gasteiger partial charge in [0.15, 0.2) is 11.6 Å². The molecule has 2 fully saturated rings. The van der Waals surface area contributed by atoms with Crippen molar-refractivity contribution in [3.05, 3.63) is 64.7 Å². The molecular weight excluding hydrogens is 433 g/mol. The van der Waals surface area contributed by atoms with Crippen LogP contribution in [0.1, 0.15) is 36.0 Å². The van der Waals surface area contributed by atoms with E-state index in [9.17, 15) is 17.6 Å². The summed E-state index contributed by atoms with van der Waals surface area (Å²) in [6.45, 7) is 0.279. The molecule has 166 valence electrons. The Morgan fingerprint density at radius 3 is 2.52 bits per heavy atom. The van der Waals surface area contributed by atoms with Crippen LogP contribution in [0.5, 0.6) is 5.75 Å². The van der Waals surface area contributed by atoms with Crippen molar-refractivity contribution in [1.82, 2.24) is 4.72 Å². The first-order chi connectivity index (χ1) is 14.8. The van der Waals surface area contributed by atoms with Crippen LogP contribution in [-0.2, 0) is 18.0 Å². The molecule has 1 aliphatic carbocycles. The number of benzene rings is 2. The van der Waals surface area contributed by atoms with Gasteiger partial charge >= 0.3 is 6.18 Å². The second kappa shape index (κ2) is 7.66. The largest absolute Gasteiger partial charge is 0.490 e. The van der Waals surface area contributed by atoms with Crippen LogP contribution in [0, 0.1) is 23.5 Å². The molecule has 2 aliphatic heterocycles. The number of ether oxygens (including phenoxy) is 1. The van der Waals surface area contributed by atoms with Crippen molar-refractivity contribution in [3.63, 3.8) is 0 Å². The highest BCUT2D eigenvalue weighted by Crippen LogP contribution is 2.56. The summed E-state index contributed by atoms with van der Waals surface area (Å²) in [4.78, 5) is 0. The molecule has 0 aromatic heterocycles. The highest BCUT2D eigenvalue weighted by atomic mass is 32.2. The number of fused-ring (bicyclic) bond motifs is 5. The first-order valence-corrected chi connectivity index (χ1v) is 11.4. The van der Waals surface area contributed by atoms with Crippen LogP contribution in [0.25, 0.3) is 0 Å². The summed E-state index contributed by atoms with van der Waals surface area (Å²) >= 11 is 1.69. The van der Waals surface area contributed by atoms with Crippen molar-refractivity contribution < 1.29 is 26.7 Å². The molecule has 2 aromatic rings. The van der Waals surface area contributed by atoms with E-state index in [0.717, 1.165) is 42.9 Å². The zero-order valence-corrected chi connectivity index (χ0v) is 17.5. The predicted octanol–water partition coefficient (Wildman–Crippen LogP) is 5.89. The Bertz CT molecular complexity index is 979. The van der Waals surface area contributed by atoms with E-state index >= 15 is 4.39 Å². The highest BCUT2D eigenvalue weighted by molar-refractivity contribution is 7.97. The molecular formula is C23H22F5NOS. The van der Waals surface area contributed by atoms with Gasteiger partial charge in [0.1, 0.15) is 5.82 Å². The van der Waals surface area contributed by atoms with E-state index in [1.165, 1.54) is 12.1 Å². The number of alkyl halides is 3. The Balaban J connectivity index is 1.60. The lowest BCUT2D eigenvalue weighted by atomic mass is 9.54. The maximum Gasteiger partial charge on any atom is 0.416 e. The number of rotatable bonds is 2. The van der Waals surface area contributed by atoms with Crippen LogP contribution in [0.3, 0.4) is 0 Å². The maximum absolute atomic E-state index is 15.2. The van der Waals surface area contributed by atoms with Crippen molar-refractivity contribution in [3.8, 4) is 5.75 Å². The quantitative estimate of drug-likeness (QED) is 0.451. The summed E-state index contributed by atoms with van der Waals surface area (Å²) in [6, 6.07) is 7.53. The molecule has 3 aliphatic rings. The Morgan fingerprint density at radius 2 is 1.77 bits per heavy atom. The molecule has 31 heavy (non-hydrogen) atoms. The van der Waals surface area contributed by atoms with Gasteiger partial charge in [0.05, 0.1) is 12.2 Å². The van der Waals surface area contributed by atoms with E-state index in [1.54, 1.807) is 11.9 Å². The minimum absolute atomic E-state index is 0.0419. The van der Waals surface area contributed by atoms with E-state index < -0.39 is 28.8 Å². The van der Waals surface area contributed by atoms with Gasteiger partial charge in [0, 0.05) is 28.7 Å². The molecule has 1 saturated heterocycles. The summed E-state index contributed by atoms with van der Waals surface area (Å²) in [7, 11) is 0. The summed E-state index contributed by atoms with van der Waals surface area (Å²) in [5.41, 5.74) is -0.497. The van der Waals surface area contributed by atoms with Gasteiger partial charge in [-0.3, -0.25) is 4.72 Å². The zero-order chi connectivity index (χ0) is 21.8. The molecule has 5 rings (SSSR count). The predicted molar refractivity (Wildman–Crippen MR) is 109 cm³/mol. The average molecular weight is 455 g/mol. The fraction of sp³-hybridized carbons (Fsp3) is 0.478. The van der Waals surface area contributed by atoms with E-state index in [4.69, 9.17) is 4.74 Å². The van der Waals surface area contributed by atoms with Crippen LogP contribution in [0.2, 0.25) is 0 Å². The molecule has 2 heterocycles. The fourth-order valence-electron chi connectivity index (χ4n) is 5.80. The lowest BCUT2D eigenvalue weighted by Gasteiger charge is -2.55. The summed E-state index contributed by atoms with van der Waals surface area (Å²) in [6.07, 6.45) is -1.71. The Hall–Kier alpha value is -1.80. The monoisotopic (exact) mass is 455 g/mol. The lowest BCUT2D eigenvalue weighted by Crippen LogP contribution is -2.58.